The van der Waals surface area contributed by atoms with Gasteiger partial charge >= 0.3 is 0 Å². The maximum atomic E-state index is 6.08. The van der Waals surface area contributed by atoms with Crippen molar-refractivity contribution in [2.24, 2.45) is 0 Å². The van der Waals surface area contributed by atoms with Crippen molar-refractivity contribution >= 4 is 8.32 Å². The Labute approximate surface area is 84.3 Å². The zero-order valence-corrected chi connectivity index (χ0v) is 10.8. The summed E-state index contributed by atoms with van der Waals surface area (Å²) in [6.07, 6.45) is 4.32. The highest BCUT2D eigenvalue weighted by atomic mass is 28.4. The van der Waals surface area contributed by atoms with Crippen LogP contribution in [0.15, 0.2) is 12.7 Å². The first-order valence-electron chi connectivity index (χ1n) is 5.08. The van der Waals surface area contributed by atoms with Crippen LogP contribution in [0.1, 0.15) is 33.6 Å². The van der Waals surface area contributed by atoms with Crippen LogP contribution in [0.2, 0.25) is 19.1 Å². The summed E-state index contributed by atoms with van der Waals surface area (Å²) in [4.78, 5) is 0. The second kappa shape index (κ2) is 4.96. The molecule has 0 saturated heterocycles. The van der Waals surface area contributed by atoms with Crippen molar-refractivity contribution in [3.05, 3.63) is 12.7 Å². The van der Waals surface area contributed by atoms with Crippen molar-refractivity contribution in [3.63, 3.8) is 0 Å². The van der Waals surface area contributed by atoms with Crippen LogP contribution < -0.4 is 0 Å². The molecule has 0 amide bonds. The van der Waals surface area contributed by atoms with Crippen LogP contribution in [0.25, 0.3) is 0 Å². The Morgan fingerprint density at radius 3 is 2.23 bits per heavy atom. The van der Waals surface area contributed by atoms with Crippen LogP contribution in [-0.4, -0.2) is 13.9 Å². The van der Waals surface area contributed by atoms with Gasteiger partial charge in [0, 0.05) is 5.60 Å². The van der Waals surface area contributed by atoms with Crippen LogP contribution in [0.3, 0.4) is 0 Å². The Bertz CT molecular complexity index is 156. The van der Waals surface area contributed by atoms with Crippen LogP contribution in [0.4, 0.5) is 0 Å². The molecule has 0 aliphatic rings. The monoisotopic (exact) mass is 200 g/mol. The summed E-state index contributed by atoms with van der Waals surface area (Å²) < 4.78 is 6.08. The van der Waals surface area contributed by atoms with E-state index >= 15 is 0 Å². The molecule has 0 radical (unpaired) electrons. The Balaban J connectivity index is 3.86. The summed E-state index contributed by atoms with van der Waals surface area (Å²) in [6.45, 7) is 14.7. The molecule has 0 aliphatic carbocycles. The fourth-order valence-corrected chi connectivity index (χ4v) is 4.37. The molecule has 0 bridgehead atoms. The second-order valence-corrected chi connectivity index (χ2v) is 9.38. The molecule has 0 saturated carbocycles. The molecule has 0 heterocycles. The maximum absolute atomic E-state index is 6.08. The molecule has 1 nitrogen and oxygen atoms in total. The first kappa shape index (κ1) is 12.9. The quantitative estimate of drug-likeness (QED) is 0.371. The second-order valence-electron chi connectivity index (χ2n) is 5.16. The fourth-order valence-electron chi connectivity index (χ4n) is 1.55. The predicted octanol–water partition coefficient (Wildman–Crippen LogP) is 3.97. The van der Waals surface area contributed by atoms with E-state index < -0.39 is 8.32 Å². The highest BCUT2D eigenvalue weighted by Crippen LogP contribution is 2.22. The van der Waals surface area contributed by atoms with Crippen LogP contribution in [-0.2, 0) is 4.43 Å². The molecular weight excluding hydrogens is 176 g/mol. The Hall–Kier alpha value is -0.0831. The van der Waals surface area contributed by atoms with E-state index in [0.717, 1.165) is 6.42 Å². The van der Waals surface area contributed by atoms with Gasteiger partial charge in [-0.15, -0.1) is 6.58 Å². The first-order valence-corrected chi connectivity index (χ1v) is 8.19. The topological polar surface area (TPSA) is 9.23 Å². The van der Waals surface area contributed by atoms with Gasteiger partial charge in [0.25, 0.3) is 0 Å². The summed E-state index contributed by atoms with van der Waals surface area (Å²) in [5, 5.41) is 0. The minimum absolute atomic E-state index is 0.0178. The molecule has 0 fully saturated rings. The largest absolute Gasteiger partial charge is 0.413 e. The molecule has 0 aromatic carbocycles. The van der Waals surface area contributed by atoms with Gasteiger partial charge in [0.1, 0.15) is 0 Å². The summed E-state index contributed by atoms with van der Waals surface area (Å²) in [6, 6.07) is 1.23. The van der Waals surface area contributed by atoms with E-state index in [2.05, 4.69) is 40.4 Å². The zero-order valence-electron chi connectivity index (χ0n) is 9.81. The van der Waals surface area contributed by atoms with E-state index in [1.807, 2.05) is 6.08 Å². The lowest BCUT2D eigenvalue weighted by molar-refractivity contribution is 0.120. The van der Waals surface area contributed by atoms with Crippen molar-refractivity contribution in [1.29, 1.82) is 0 Å². The average Bonchev–Trinajstić information content (AvgIpc) is 1.81. The van der Waals surface area contributed by atoms with Gasteiger partial charge in [0.2, 0.25) is 0 Å². The van der Waals surface area contributed by atoms with Gasteiger partial charge in [-0.25, -0.2) is 0 Å². The smallest absolute Gasteiger partial charge is 0.187 e. The van der Waals surface area contributed by atoms with Gasteiger partial charge in [-0.2, -0.15) is 0 Å². The SMILES string of the molecule is C=CCCC[Si](C)(C)OC(C)(C)C. The molecule has 2 heteroatoms. The maximum Gasteiger partial charge on any atom is 0.187 e. The third-order valence-corrected chi connectivity index (χ3v) is 4.49. The number of rotatable bonds is 5. The minimum Gasteiger partial charge on any atom is -0.413 e. The van der Waals surface area contributed by atoms with Crippen molar-refractivity contribution in [1.82, 2.24) is 0 Å². The standard InChI is InChI=1S/C11H24OSi/c1-7-8-9-10-13(5,6)12-11(2,3)4/h7H,1,8-10H2,2-6H3. The van der Waals surface area contributed by atoms with E-state index in [-0.39, 0.29) is 5.60 Å². The molecule has 0 aliphatic heterocycles. The van der Waals surface area contributed by atoms with E-state index in [4.69, 9.17) is 4.43 Å². The van der Waals surface area contributed by atoms with Gasteiger partial charge < -0.3 is 4.43 Å². The molecular formula is C11H24OSi. The summed E-state index contributed by atoms with van der Waals surface area (Å²) in [5.74, 6) is 0. The van der Waals surface area contributed by atoms with Crippen molar-refractivity contribution < 1.29 is 4.43 Å². The lowest BCUT2D eigenvalue weighted by Gasteiger charge is -2.32. The summed E-state index contributed by atoms with van der Waals surface area (Å²) in [7, 11) is -1.42. The molecule has 0 rings (SSSR count). The number of hydrogen-bond donors (Lipinski definition) is 0. The molecule has 13 heavy (non-hydrogen) atoms. The van der Waals surface area contributed by atoms with Crippen LogP contribution >= 0.6 is 0 Å². The molecule has 0 N–H and O–H groups in total. The van der Waals surface area contributed by atoms with Crippen molar-refractivity contribution in [2.45, 2.75) is 58.4 Å². The summed E-state index contributed by atoms with van der Waals surface area (Å²) in [5.41, 5.74) is 0.0178. The van der Waals surface area contributed by atoms with Gasteiger partial charge in [0.15, 0.2) is 8.32 Å². The van der Waals surface area contributed by atoms with Gasteiger partial charge in [-0.3, -0.25) is 0 Å². The molecule has 0 unspecified atom stereocenters. The Kier molecular flexibility index (Phi) is 4.93. The number of allylic oxidation sites excluding steroid dienone is 1. The Morgan fingerprint density at radius 1 is 1.31 bits per heavy atom. The molecule has 78 valence electrons. The Morgan fingerprint density at radius 2 is 1.85 bits per heavy atom. The summed E-state index contributed by atoms with van der Waals surface area (Å²) >= 11 is 0. The molecule has 0 spiro atoms. The fraction of sp³-hybridized carbons (Fsp3) is 0.818. The van der Waals surface area contributed by atoms with Gasteiger partial charge in [-0.05, 0) is 46.3 Å². The van der Waals surface area contributed by atoms with Gasteiger partial charge in [0.05, 0.1) is 0 Å². The average molecular weight is 200 g/mol. The lowest BCUT2D eigenvalue weighted by atomic mass is 10.2. The lowest BCUT2D eigenvalue weighted by Crippen LogP contribution is -2.38. The van der Waals surface area contributed by atoms with Crippen molar-refractivity contribution in [2.75, 3.05) is 0 Å². The highest BCUT2D eigenvalue weighted by molar-refractivity contribution is 6.71. The van der Waals surface area contributed by atoms with Gasteiger partial charge in [-0.1, -0.05) is 12.5 Å². The predicted molar refractivity (Wildman–Crippen MR) is 62.6 cm³/mol. The normalized spacial score (nSPS) is 13.0. The minimum atomic E-state index is -1.42. The molecule has 0 aromatic heterocycles. The van der Waals surface area contributed by atoms with E-state index in [0.29, 0.717) is 0 Å². The zero-order chi connectivity index (χ0) is 10.5. The number of unbranched alkanes of at least 4 members (excludes halogenated alkanes) is 1. The van der Waals surface area contributed by atoms with E-state index in [1.54, 1.807) is 0 Å². The van der Waals surface area contributed by atoms with Crippen molar-refractivity contribution in [3.8, 4) is 0 Å². The molecule has 0 aromatic rings. The molecule has 0 atom stereocenters. The van der Waals surface area contributed by atoms with E-state index in [1.165, 1.54) is 12.5 Å². The third-order valence-electron chi connectivity index (χ3n) is 1.77. The third kappa shape index (κ3) is 8.25. The van der Waals surface area contributed by atoms with Crippen LogP contribution in [0.5, 0.6) is 0 Å². The number of hydrogen-bond acceptors (Lipinski definition) is 1. The van der Waals surface area contributed by atoms with Crippen LogP contribution in [0, 0.1) is 0 Å². The first-order chi connectivity index (χ1) is 5.77. The van der Waals surface area contributed by atoms with E-state index in [9.17, 15) is 0 Å². The highest BCUT2D eigenvalue weighted by Gasteiger charge is 2.27.